The zero-order valence-corrected chi connectivity index (χ0v) is 13.3. The van der Waals surface area contributed by atoms with Crippen LogP contribution in [0.2, 0.25) is 0 Å². The highest BCUT2D eigenvalue weighted by Crippen LogP contribution is 2.05. The third kappa shape index (κ3) is 5.93. The van der Waals surface area contributed by atoms with E-state index in [1.807, 2.05) is 42.5 Å². The zero-order chi connectivity index (χ0) is 17.2. The number of hydrogen-bond donors (Lipinski definition) is 2. The van der Waals surface area contributed by atoms with Crippen molar-refractivity contribution in [2.24, 2.45) is 0 Å². The lowest BCUT2D eigenvalue weighted by Gasteiger charge is -2.07. The molecule has 0 aliphatic heterocycles. The van der Waals surface area contributed by atoms with Crippen molar-refractivity contribution in [3.63, 3.8) is 0 Å². The summed E-state index contributed by atoms with van der Waals surface area (Å²) in [7, 11) is 0. The first-order valence-electron chi connectivity index (χ1n) is 7.74. The monoisotopic (exact) mass is 321 g/mol. The predicted molar refractivity (Wildman–Crippen MR) is 90.8 cm³/mol. The van der Waals surface area contributed by atoms with Crippen molar-refractivity contribution in [3.05, 3.63) is 71.3 Å². The number of rotatable bonds is 7. The summed E-state index contributed by atoms with van der Waals surface area (Å²) in [5, 5.41) is 14.1. The van der Waals surface area contributed by atoms with Gasteiger partial charge in [-0.25, -0.2) is 0 Å². The Morgan fingerprint density at radius 3 is 2.25 bits per heavy atom. The van der Waals surface area contributed by atoms with Crippen LogP contribution >= 0.6 is 0 Å². The Labute approximate surface area is 141 Å². The summed E-state index contributed by atoms with van der Waals surface area (Å²) in [6, 6.07) is 18.8. The van der Waals surface area contributed by atoms with Crippen LogP contribution in [0, 0.1) is 11.3 Å². The molecule has 5 heteroatoms. The van der Waals surface area contributed by atoms with Gasteiger partial charge >= 0.3 is 0 Å². The van der Waals surface area contributed by atoms with Crippen molar-refractivity contribution in [1.29, 1.82) is 5.26 Å². The Hall–Kier alpha value is -3.13. The third-order valence-corrected chi connectivity index (χ3v) is 3.50. The summed E-state index contributed by atoms with van der Waals surface area (Å²) in [5.41, 5.74) is 2.59. The topological polar surface area (TPSA) is 82.0 Å². The molecule has 24 heavy (non-hydrogen) atoms. The largest absolute Gasteiger partial charge is 0.350 e. The van der Waals surface area contributed by atoms with Gasteiger partial charge in [-0.3, -0.25) is 9.59 Å². The van der Waals surface area contributed by atoms with Crippen molar-refractivity contribution in [2.75, 3.05) is 6.54 Å². The fourth-order valence-corrected chi connectivity index (χ4v) is 2.13. The van der Waals surface area contributed by atoms with Crippen LogP contribution in [0.15, 0.2) is 54.6 Å². The van der Waals surface area contributed by atoms with Gasteiger partial charge in [-0.15, -0.1) is 0 Å². The van der Waals surface area contributed by atoms with Gasteiger partial charge in [0, 0.05) is 13.0 Å². The van der Waals surface area contributed by atoms with Crippen LogP contribution in [0.3, 0.4) is 0 Å². The van der Waals surface area contributed by atoms with Crippen molar-refractivity contribution < 1.29 is 9.59 Å². The number of benzene rings is 2. The number of nitrogens with one attached hydrogen (secondary N) is 2. The molecule has 5 nitrogen and oxygen atoms in total. The van der Waals surface area contributed by atoms with E-state index in [2.05, 4.69) is 16.7 Å². The molecular formula is C19H19N3O2. The Kier molecular flexibility index (Phi) is 6.54. The van der Waals surface area contributed by atoms with E-state index in [-0.39, 0.29) is 18.4 Å². The fraction of sp³-hybridized carbons (Fsp3) is 0.211. The Bertz CT molecular complexity index is 719. The van der Waals surface area contributed by atoms with Gasteiger partial charge in [0.05, 0.1) is 18.2 Å². The predicted octanol–water partition coefficient (Wildman–Crippen LogP) is 1.92. The minimum atomic E-state index is -0.217. The normalized spacial score (nSPS) is 9.79. The van der Waals surface area contributed by atoms with Crippen LogP contribution in [0.4, 0.5) is 0 Å². The molecule has 0 aliphatic carbocycles. The summed E-state index contributed by atoms with van der Waals surface area (Å²) in [4.78, 5) is 23.5. The summed E-state index contributed by atoms with van der Waals surface area (Å²) in [6.07, 6.45) is 0.876. The Morgan fingerprint density at radius 1 is 0.875 bits per heavy atom. The van der Waals surface area contributed by atoms with E-state index in [9.17, 15) is 9.59 Å². The SMILES string of the molecule is N#Cc1ccc(CCC(=O)NCC(=O)NCc2ccccc2)cc1. The lowest BCUT2D eigenvalue weighted by molar-refractivity contribution is -0.126. The summed E-state index contributed by atoms with van der Waals surface area (Å²) in [5.74, 6) is -0.389. The lowest BCUT2D eigenvalue weighted by atomic mass is 10.1. The van der Waals surface area contributed by atoms with E-state index in [0.717, 1.165) is 11.1 Å². The van der Waals surface area contributed by atoms with Crippen molar-refractivity contribution in [3.8, 4) is 6.07 Å². The molecule has 0 radical (unpaired) electrons. The van der Waals surface area contributed by atoms with Gasteiger partial charge in [0.15, 0.2) is 0 Å². The van der Waals surface area contributed by atoms with Crippen LogP contribution in [-0.2, 0) is 22.6 Å². The summed E-state index contributed by atoms with van der Waals surface area (Å²) < 4.78 is 0. The maximum Gasteiger partial charge on any atom is 0.239 e. The maximum absolute atomic E-state index is 11.8. The van der Waals surface area contributed by atoms with Gasteiger partial charge in [-0.05, 0) is 29.7 Å². The second-order valence-corrected chi connectivity index (χ2v) is 5.35. The number of hydrogen-bond acceptors (Lipinski definition) is 3. The van der Waals surface area contributed by atoms with Gasteiger partial charge in [0.25, 0.3) is 0 Å². The summed E-state index contributed by atoms with van der Waals surface area (Å²) in [6.45, 7) is 0.416. The second kappa shape index (κ2) is 9.11. The van der Waals surface area contributed by atoms with Crippen LogP contribution in [0.1, 0.15) is 23.1 Å². The van der Waals surface area contributed by atoms with Crippen molar-refractivity contribution in [1.82, 2.24) is 10.6 Å². The molecule has 0 saturated heterocycles. The molecule has 0 unspecified atom stereocenters. The first kappa shape index (κ1) is 17.2. The standard InChI is InChI=1S/C19H19N3O2/c20-12-16-8-6-15(7-9-16)10-11-18(23)22-14-19(24)21-13-17-4-2-1-3-5-17/h1-9H,10-11,13-14H2,(H,21,24)(H,22,23). The molecule has 0 spiro atoms. The molecule has 2 aromatic carbocycles. The fourth-order valence-electron chi connectivity index (χ4n) is 2.13. The number of amides is 2. The van der Waals surface area contributed by atoms with Crippen LogP contribution < -0.4 is 10.6 Å². The third-order valence-electron chi connectivity index (χ3n) is 3.50. The molecule has 2 rings (SSSR count). The summed E-state index contributed by atoms with van der Waals surface area (Å²) >= 11 is 0. The molecule has 0 heterocycles. The lowest BCUT2D eigenvalue weighted by Crippen LogP contribution is -2.36. The van der Waals surface area contributed by atoms with Gasteiger partial charge in [-0.1, -0.05) is 42.5 Å². The highest BCUT2D eigenvalue weighted by Gasteiger charge is 2.06. The van der Waals surface area contributed by atoms with Crippen LogP contribution in [0.25, 0.3) is 0 Å². The number of nitrogens with zero attached hydrogens (tertiary/aromatic N) is 1. The molecular weight excluding hydrogens is 302 g/mol. The van der Waals surface area contributed by atoms with Gasteiger partial charge in [0.1, 0.15) is 0 Å². The molecule has 2 N–H and O–H groups in total. The Balaban J connectivity index is 1.65. The smallest absolute Gasteiger partial charge is 0.239 e. The molecule has 0 fully saturated rings. The number of carbonyl (C=O) groups is 2. The Morgan fingerprint density at radius 2 is 1.58 bits per heavy atom. The molecule has 122 valence electrons. The molecule has 0 bridgehead atoms. The quantitative estimate of drug-likeness (QED) is 0.817. The van der Waals surface area contributed by atoms with Crippen LogP contribution in [0.5, 0.6) is 0 Å². The van der Waals surface area contributed by atoms with Gasteiger partial charge < -0.3 is 10.6 Å². The van der Waals surface area contributed by atoms with E-state index < -0.39 is 0 Å². The van der Waals surface area contributed by atoms with E-state index in [0.29, 0.717) is 24.9 Å². The highest BCUT2D eigenvalue weighted by molar-refractivity contribution is 5.84. The van der Waals surface area contributed by atoms with Crippen molar-refractivity contribution in [2.45, 2.75) is 19.4 Å². The van der Waals surface area contributed by atoms with E-state index in [4.69, 9.17) is 5.26 Å². The first-order chi connectivity index (χ1) is 11.7. The van der Waals surface area contributed by atoms with Gasteiger partial charge in [0.2, 0.25) is 11.8 Å². The molecule has 2 amide bonds. The average molecular weight is 321 g/mol. The average Bonchev–Trinajstić information content (AvgIpc) is 2.64. The number of nitriles is 1. The molecule has 0 saturated carbocycles. The minimum Gasteiger partial charge on any atom is -0.350 e. The van der Waals surface area contributed by atoms with Gasteiger partial charge in [-0.2, -0.15) is 5.26 Å². The molecule has 2 aromatic rings. The molecule has 0 aromatic heterocycles. The minimum absolute atomic E-state index is 0.0287. The van der Waals surface area contributed by atoms with E-state index in [1.165, 1.54) is 0 Å². The van der Waals surface area contributed by atoms with E-state index >= 15 is 0 Å². The first-order valence-corrected chi connectivity index (χ1v) is 7.74. The second-order valence-electron chi connectivity index (χ2n) is 5.35. The number of carbonyl (C=O) groups excluding carboxylic acids is 2. The molecule has 0 atom stereocenters. The maximum atomic E-state index is 11.8. The zero-order valence-electron chi connectivity index (χ0n) is 13.3. The highest BCUT2D eigenvalue weighted by atomic mass is 16.2. The van der Waals surface area contributed by atoms with E-state index in [1.54, 1.807) is 12.1 Å². The van der Waals surface area contributed by atoms with Crippen molar-refractivity contribution >= 4 is 11.8 Å². The number of aryl methyl sites for hydroxylation is 1. The molecule has 0 aliphatic rings. The van der Waals surface area contributed by atoms with Crippen LogP contribution in [-0.4, -0.2) is 18.4 Å².